The number of amides is 2. The summed E-state index contributed by atoms with van der Waals surface area (Å²) in [5.41, 5.74) is 7.40. The summed E-state index contributed by atoms with van der Waals surface area (Å²) in [4.78, 5) is 26.9. The molecule has 7 nitrogen and oxygen atoms in total. The lowest BCUT2D eigenvalue weighted by atomic mass is 9.87. The highest BCUT2D eigenvalue weighted by atomic mass is 16.5. The highest BCUT2D eigenvalue weighted by Gasteiger charge is 2.31. The summed E-state index contributed by atoms with van der Waals surface area (Å²) in [6.07, 6.45) is 0.145. The van der Waals surface area contributed by atoms with E-state index in [1.54, 1.807) is 13.8 Å². The molecule has 0 saturated carbocycles. The summed E-state index contributed by atoms with van der Waals surface area (Å²) in [6, 6.07) is 14.1. The smallest absolute Gasteiger partial charge is 0.275 e. The number of benzene rings is 2. The van der Waals surface area contributed by atoms with Crippen molar-refractivity contribution < 1.29 is 19.1 Å². The normalized spacial score (nSPS) is 19.7. The molecule has 2 aliphatic heterocycles. The molecule has 2 atom stereocenters. The number of hydrazine groups is 1. The molecule has 2 heterocycles. The maximum Gasteiger partial charge on any atom is 0.275 e. The lowest BCUT2D eigenvalue weighted by Gasteiger charge is -2.37. The molecule has 2 unspecified atom stereocenters. The van der Waals surface area contributed by atoms with Gasteiger partial charge in [-0.1, -0.05) is 35.9 Å². The van der Waals surface area contributed by atoms with Crippen LogP contribution in [0.5, 0.6) is 5.75 Å². The van der Waals surface area contributed by atoms with Crippen LogP contribution in [-0.4, -0.2) is 60.7 Å². The van der Waals surface area contributed by atoms with Crippen molar-refractivity contribution in [3.63, 3.8) is 0 Å². The van der Waals surface area contributed by atoms with Crippen LogP contribution in [0.4, 0.5) is 0 Å². The molecule has 1 fully saturated rings. The monoisotopic (exact) mass is 437 g/mol. The maximum absolute atomic E-state index is 12.6. The van der Waals surface area contributed by atoms with Gasteiger partial charge < -0.3 is 14.4 Å². The lowest BCUT2D eigenvalue weighted by molar-refractivity contribution is -0.134. The van der Waals surface area contributed by atoms with Gasteiger partial charge in [0.2, 0.25) is 5.91 Å². The molecule has 2 aliphatic rings. The van der Waals surface area contributed by atoms with Gasteiger partial charge in [-0.15, -0.1) is 0 Å². The molecule has 0 radical (unpaired) electrons. The molecule has 2 aromatic rings. The third kappa shape index (κ3) is 4.95. The molecule has 4 rings (SSSR count). The number of hydrogen-bond donors (Lipinski definition) is 1. The Balaban J connectivity index is 1.55. The predicted octanol–water partition coefficient (Wildman–Crippen LogP) is 2.62. The molecule has 2 amide bonds. The molecule has 2 aromatic carbocycles. The van der Waals surface area contributed by atoms with Crippen molar-refractivity contribution in [3.05, 3.63) is 64.7 Å². The van der Waals surface area contributed by atoms with Crippen molar-refractivity contribution in [1.29, 1.82) is 0 Å². The van der Waals surface area contributed by atoms with Crippen LogP contribution in [0, 0.1) is 6.92 Å². The molecule has 0 spiro atoms. The number of nitrogens with zero attached hydrogens (tertiary/aromatic N) is 2. The Labute approximate surface area is 189 Å². The van der Waals surface area contributed by atoms with Gasteiger partial charge in [-0.05, 0) is 49.1 Å². The van der Waals surface area contributed by atoms with Crippen molar-refractivity contribution in [2.45, 2.75) is 39.3 Å². The number of aryl methyl sites for hydroxylation is 1. The molecular weight excluding hydrogens is 406 g/mol. The molecule has 7 heteroatoms. The van der Waals surface area contributed by atoms with Gasteiger partial charge in [0, 0.05) is 26.6 Å². The quantitative estimate of drug-likeness (QED) is 0.779. The van der Waals surface area contributed by atoms with Crippen molar-refractivity contribution in [3.8, 4) is 5.75 Å². The van der Waals surface area contributed by atoms with E-state index >= 15 is 0 Å². The fourth-order valence-electron chi connectivity index (χ4n) is 4.29. The topological polar surface area (TPSA) is 71.1 Å². The van der Waals surface area contributed by atoms with Gasteiger partial charge in [0.05, 0.1) is 19.3 Å². The second kappa shape index (κ2) is 9.71. The molecule has 1 saturated heterocycles. The Morgan fingerprint density at radius 2 is 1.81 bits per heavy atom. The molecule has 0 bridgehead atoms. The van der Waals surface area contributed by atoms with Crippen molar-refractivity contribution >= 4 is 11.8 Å². The van der Waals surface area contributed by atoms with Gasteiger partial charge in [-0.25, -0.2) is 5.01 Å². The maximum atomic E-state index is 12.6. The summed E-state index contributed by atoms with van der Waals surface area (Å²) in [5, 5.41) is 1.86. The molecule has 170 valence electrons. The number of morpholine rings is 1. The van der Waals surface area contributed by atoms with Crippen molar-refractivity contribution in [2.24, 2.45) is 0 Å². The summed E-state index contributed by atoms with van der Waals surface area (Å²) in [5.74, 6) is 0.478. The third-order valence-electron chi connectivity index (χ3n) is 6.10. The fourth-order valence-corrected chi connectivity index (χ4v) is 4.29. The van der Waals surface area contributed by atoms with Crippen LogP contribution in [0.25, 0.3) is 0 Å². The number of rotatable bonds is 5. The van der Waals surface area contributed by atoms with E-state index in [9.17, 15) is 9.59 Å². The SMILES string of the molecule is CC(=O)N1CCc2ccc(OC(C)C(=O)NN3CCOCC3)cc2C1c1ccc(C)cc1. The first kappa shape index (κ1) is 22.3. The highest BCUT2D eigenvalue weighted by molar-refractivity contribution is 5.80. The van der Waals surface area contributed by atoms with Crippen LogP contribution in [0.3, 0.4) is 0 Å². The number of fused-ring (bicyclic) bond motifs is 1. The minimum atomic E-state index is -0.652. The van der Waals surface area contributed by atoms with E-state index in [0.717, 1.165) is 17.5 Å². The summed E-state index contributed by atoms with van der Waals surface area (Å²) >= 11 is 0. The standard InChI is InChI=1S/C25H31N3O4/c1-17-4-6-21(7-5-17)24-23-16-22(9-8-20(23)10-11-28(24)19(3)29)32-18(2)25(30)26-27-12-14-31-15-13-27/h4-9,16,18,24H,10-15H2,1-3H3,(H,26,30). The Bertz CT molecular complexity index is 970. The van der Waals surface area contributed by atoms with Gasteiger partial charge in [0.15, 0.2) is 6.10 Å². The molecular formula is C25H31N3O4. The van der Waals surface area contributed by atoms with E-state index in [1.165, 1.54) is 11.1 Å². The Morgan fingerprint density at radius 1 is 1.09 bits per heavy atom. The van der Waals surface area contributed by atoms with E-state index in [-0.39, 0.29) is 17.9 Å². The van der Waals surface area contributed by atoms with Gasteiger partial charge >= 0.3 is 0 Å². The van der Waals surface area contributed by atoms with Crippen LogP contribution in [0.2, 0.25) is 0 Å². The number of ether oxygens (including phenoxy) is 2. The Hall–Kier alpha value is -2.90. The lowest BCUT2D eigenvalue weighted by Crippen LogP contribution is -2.51. The average molecular weight is 438 g/mol. The van der Waals surface area contributed by atoms with Crippen LogP contribution in [-0.2, 0) is 20.7 Å². The molecule has 1 N–H and O–H groups in total. The zero-order valence-electron chi connectivity index (χ0n) is 19.0. The van der Waals surface area contributed by atoms with E-state index in [2.05, 4.69) is 42.7 Å². The first-order valence-corrected chi connectivity index (χ1v) is 11.2. The number of carbonyl (C=O) groups excluding carboxylic acids is 2. The average Bonchev–Trinajstić information content (AvgIpc) is 2.79. The largest absolute Gasteiger partial charge is 0.481 e. The molecule has 0 aliphatic carbocycles. The van der Waals surface area contributed by atoms with E-state index in [1.807, 2.05) is 22.0 Å². The number of hydrogen-bond acceptors (Lipinski definition) is 5. The second-order valence-electron chi connectivity index (χ2n) is 8.47. The van der Waals surface area contributed by atoms with Crippen LogP contribution < -0.4 is 10.2 Å². The van der Waals surface area contributed by atoms with Crippen molar-refractivity contribution in [1.82, 2.24) is 15.3 Å². The second-order valence-corrected chi connectivity index (χ2v) is 8.47. The first-order valence-electron chi connectivity index (χ1n) is 11.2. The van der Waals surface area contributed by atoms with E-state index < -0.39 is 6.10 Å². The number of carbonyl (C=O) groups is 2. The van der Waals surface area contributed by atoms with Crippen LogP contribution >= 0.6 is 0 Å². The number of nitrogens with one attached hydrogen (secondary N) is 1. The van der Waals surface area contributed by atoms with Gasteiger partial charge in [0.25, 0.3) is 5.91 Å². The minimum Gasteiger partial charge on any atom is -0.481 e. The Morgan fingerprint density at radius 3 is 2.50 bits per heavy atom. The first-order chi connectivity index (χ1) is 15.4. The summed E-state index contributed by atoms with van der Waals surface area (Å²) in [7, 11) is 0. The minimum absolute atomic E-state index is 0.0470. The summed E-state index contributed by atoms with van der Waals surface area (Å²) in [6.45, 7) is 8.63. The van der Waals surface area contributed by atoms with E-state index in [0.29, 0.717) is 38.6 Å². The zero-order valence-corrected chi connectivity index (χ0v) is 19.0. The third-order valence-corrected chi connectivity index (χ3v) is 6.10. The van der Waals surface area contributed by atoms with E-state index in [4.69, 9.17) is 9.47 Å². The predicted molar refractivity (Wildman–Crippen MR) is 121 cm³/mol. The van der Waals surface area contributed by atoms with Crippen molar-refractivity contribution in [2.75, 3.05) is 32.8 Å². The van der Waals surface area contributed by atoms with Gasteiger partial charge in [-0.3, -0.25) is 15.0 Å². The zero-order chi connectivity index (χ0) is 22.7. The van der Waals surface area contributed by atoms with Gasteiger partial charge in [0.1, 0.15) is 5.75 Å². The highest BCUT2D eigenvalue weighted by Crippen LogP contribution is 2.37. The van der Waals surface area contributed by atoms with Crippen LogP contribution in [0.1, 0.15) is 42.1 Å². The summed E-state index contributed by atoms with van der Waals surface area (Å²) < 4.78 is 11.3. The fraction of sp³-hybridized carbons (Fsp3) is 0.440. The van der Waals surface area contributed by atoms with Gasteiger partial charge in [-0.2, -0.15) is 0 Å². The van der Waals surface area contributed by atoms with Crippen LogP contribution in [0.15, 0.2) is 42.5 Å². The molecule has 0 aromatic heterocycles. The molecule has 32 heavy (non-hydrogen) atoms. The Kier molecular flexibility index (Phi) is 6.77.